The molecule has 2 N–H and O–H groups in total. The van der Waals surface area contributed by atoms with Gasteiger partial charge in [-0.15, -0.1) is 0 Å². The Morgan fingerprint density at radius 2 is 1.88 bits per heavy atom. The summed E-state index contributed by atoms with van der Waals surface area (Å²) in [6.07, 6.45) is 3.32. The molecule has 1 unspecified atom stereocenters. The number of hydrogen-bond donors (Lipinski definition) is 2. The lowest BCUT2D eigenvalue weighted by Gasteiger charge is -2.39. The van der Waals surface area contributed by atoms with Gasteiger partial charge < -0.3 is 15.5 Å². The maximum Gasteiger partial charge on any atom is 0.251 e. The monoisotopic (exact) mass is 393 g/mol. The number of amides is 2. The average Bonchev–Trinajstić information content (AvgIpc) is 3.03. The van der Waals surface area contributed by atoms with Gasteiger partial charge in [0.15, 0.2) is 0 Å². The molecule has 2 amide bonds. The molecule has 2 aliphatic heterocycles. The van der Waals surface area contributed by atoms with Crippen molar-refractivity contribution in [2.75, 3.05) is 26.2 Å². The van der Waals surface area contributed by atoms with Crippen molar-refractivity contribution in [3.63, 3.8) is 0 Å². The summed E-state index contributed by atoms with van der Waals surface area (Å²) in [7, 11) is 0. The SMILES string of the molecule is CC(NC(=O)c1ccc(Br)cc1)C(=O)N1CCC2(CCNC2)CC1. The molecule has 1 atom stereocenters. The number of nitrogens with one attached hydrogen (secondary N) is 2. The van der Waals surface area contributed by atoms with E-state index in [1.807, 2.05) is 17.0 Å². The molecule has 0 aliphatic carbocycles. The van der Waals surface area contributed by atoms with E-state index in [9.17, 15) is 9.59 Å². The van der Waals surface area contributed by atoms with Crippen LogP contribution in [0.5, 0.6) is 0 Å². The third-order valence-corrected chi connectivity index (χ3v) is 5.82. The number of rotatable bonds is 3. The van der Waals surface area contributed by atoms with E-state index in [4.69, 9.17) is 0 Å². The molecule has 2 aliphatic rings. The first-order valence-corrected chi connectivity index (χ1v) is 9.34. The summed E-state index contributed by atoms with van der Waals surface area (Å²) < 4.78 is 0.923. The zero-order valence-corrected chi connectivity index (χ0v) is 15.6. The van der Waals surface area contributed by atoms with Crippen LogP contribution in [0.3, 0.4) is 0 Å². The lowest BCUT2D eigenvalue weighted by Crippen LogP contribution is -2.51. The number of nitrogens with zero attached hydrogens (tertiary/aromatic N) is 1. The number of halogens is 1. The second kappa shape index (κ2) is 7.23. The molecule has 0 aromatic heterocycles. The van der Waals surface area contributed by atoms with E-state index in [0.29, 0.717) is 11.0 Å². The van der Waals surface area contributed by atoms with Crippen LogP contribution in [0.2, 0.25) is 0 Å². The molecule has 6 heteroatoms. The van der Waals surface area contributed by atoms with Crippen LogP contribution in [0.1, 0.15) is 36.5 Å². The van der Waals surface area contributed by atoms with Gasteiger partial charge in [-0.3, -0.25) is 9.59 Å². The fourth-order valence-corrected chi connectivity index (χ4v) is 3.90. The van der Waals surface area contributed by atoms with Crippen molar-refractivity contribution in [3.8, 4) is 0 Å². The first kappa shape index (κ1) is 17.4. The molecule has 24 heavy (non-hydrogen) atoms. The molecule has 0 radical (unpaired) electrons. The molecule has 130 valence electrons. The minimum atomic E-state index is -0.503. The van der Waals surface area contributed by atoms with E-state index in [0.717, 1.165) is 43.5 Å². The van der Waals surface area contributed by atoms with E-state index in [-0.39, 0.29) is 11.8 Å². The molecule has 0 bridgehead atoms. The maximum atomic E-state index is 12.6. The Kier molecular flexibility index (Phi) is 5.25. The topological polar surface area (TPSA) is 61.4 Å². The van der Waals surface area contributed by atoms with Crippen molar-refractivity contribution in [1.29, 1.82) is 0 Å². The van der Waals surface area contributed by atoms with Crippen molar-refractivity contribution in [1.82, 2.24) is 15.5 Å². The van der Waals surface area contributed by atoms with Crippen LogP contribution in [0.4, 0.5) is 0 Å². The second-order valence-electron chi connectivity index (χ2n) is 6.95. The summed E-state index contributed by atoms with van der Waals surface area (Å²) in [5, 5.41) is 6.25. The molecular weight excluding hydrogens is 370 g/mol. The van der Waals surface area contributed by atoms with E-state index in [2.05, 4.69) is 26.6 Å². The summed E-state index contributed by atoms with van der Waals surface area (Å²) >= 11 is 3.35. The van der Waals surface area contributed by atoms with Crippen LogP contribution in [-0.2, 0) is 4.79 Å². The molecule has 2 heterocycles. The minimum Gasteiger partial charge on any atom is -0.341 e. The third-order valence-electron chi connectivity index (χ3n) is 5.29. The number of hydrogen-bond acceptors (Lipinski definition) is 3. The third kappa shape index (κ3) is 3.81. The Hall–Kier alpha value is -1.40. The Labute approximate surface area is 151 Å². The van der Waals surface area contributed by atoms with E-state index in [1.54, 1.807) is 19.1 Å². The van der Waals surface area contributed by atoms with Gasteiger partial charge in [0.05, 0.1) is 0 Å². The van der Waals surface area contributed by atoms with Gasteiger partial charge in [-0.05, 0) is 62.4 Å². The molecular formula is C18H24BrN3O2. The summed E-state index contributed by atoms with van der Waals surface area (Å²) in [4.78, 5) is 26.8. The van der Waals surface area contributed by atoms with E-state index >= 15 is 0 Å². The molecule has 1 spiro atoms. The molecule has 1 aromatic rings. The van der Waals surface area contributed by atoms with Crippen LogP contribution < -0.4 is 10.6 Å². The number of piperidine rings is 1. The molecule has 2 fully saturated rings. The fraction of sp³-hybridized carbons (Fsp3) is 0.556. The molecule has 3 rings (SSSR count). The van der Waals surface area contributed by atoms with Crippen LogP contribution in [0.15, 0.2) is 28.7 Å². The number of benzene rings is 1. The average molecular weight is 394 g/mol. The van der Waals surface area contributed by atoms with Crippen molar-refractivity contribution in [2.24, 2.45) is 5.41 Å². The zero-order chi connectivity index (χ0) is 17.2. The highest BCUT2D eigenvalue weighted by Crippen LogP contribution is 2.36. The molecule has 1 aromatic carbocycles. The van der Waals surface area contributed by atoms with Crippen LogP contribution >= 0.6 is 15.9 Å². The summed E-state index contributed by atoms with van der Waals surface area (Å²) in [5.41, 5.74) is 0.952. The smallest absolute Gasteiger partial charge is 0.251 e. The Balaban J connectivity index is 1.53. The van der Waals surface area contributed by atoms with Crippen molar-refractivity contribution >= 4 is 27.7 Å². The van der Waals surface area contributed by atoms with Crippen LogP contribution in [0, 0.1) is 5.41 Å². The van der Waals surface area contributed by atoms with Gasteiger partial charge in [-0.2, -0.15) is 0 Å². The van der Waals surface area contributed by atoms with E-state index in [1.165, 1.54) is 6.42 Å². The zero-order valence-electron chi connectivity index (χ0n) is 14.0. The van der Waals surface area contributed by atoms with Crippen LogP contribution in [-0.4, -0.2) is 48.9 Å². The normalized spacial score (nSPS) is 20.8. The Bertz CT molecular complexity index is 601. The standard InChI is InChI=1S/C18H24BrN3O2/c1-13(21-16(23)14-2-4-15(19)5-3-14)17(24)22-10-7-18(8-11-22)6-9-20-12-18/h2-5,13,20H,6-12H2,1H3,(H,21,23). The first-order chi connectivity index (χ1) is 11.5. The molecule has 0 saturated carbocycles. The molecule has 2 saturated heterocycles. The number of carbonyl (C=O) groups is 2. The Morgan fingerprint density at radius 3 is 2.46 bits per heavy atom. The second-order valence-corrected chi connectivity index (χ2v) is 7.87. The van der Waals surface area contributed by atoms with Gasteiger partial charge in [-0.1, -0.05) is 15.9 Å². The number of carbonyl (C=O) groups excluding carboxylic acids is 2. The van der Waals surface area contributed by atoms with Crippen molar-refractivity contribution < 1.29 is 9.59 Å². The highest BCUT2D eigenvalue weighted by atomic mass is 79.9. The summed E-state index contributed by atoms with van der Waals surface area (Å²) in [6, 6.07) is 6.63. The van der Waals surface area contributed by atoms with Gasteiger partial charge in [0.1, 0.15) is 6.04 Å². The number of likely N-dealkylation sites (tertiary alicyclic amines) is 1. The Morgan fingerprint density at radius 1 is 1.21 bits per heavy atom. The van der Waals surface area contributed by atoms with E-state index < -0.39 is 6.04 Å². The van der Waals surface area contributed by atoms with Gasteiger partial charge in [0.2, 0.25) is 5.91 Å². The van der Waals surface area contributed by atoms with Gasteiger partial charge in [0, 0.05) is 29.7 Å². The van der Waals surface area contributed by atoms with Crippen molar-refractivity contribution in [2.45, 2.75) is 32.2 Å². The summed E-state index contributed by atoms with van der Waals surface area (Å²) in [5.74, 6) is -0.196. The lowest BCUT2D eigenvalue weighted by molar-refractivity contribution is -0.135. The summed E-state index contributed by atoms with van der Waals surface area (Å²) in [6.45, 7) is 5.51. The lowest BCUT2D eigenvalue weighted by atomic mass is 9.78. The quantitative estimate of drug-likeness (QED) is 0.826. The highest BCUT2D eigenvalue weighted by molar-refractivity contribution is 9.10. The first-order valence-electron chi connectivity index (χ1n) is 8.55. The van der Waals surface area contributed by atoms with Crippen LogP contribution in [0.25, 0.3) is 0 Å². The fourth-order valence-electron chi connectivity index (χ4n) is 3.64. The predicted octanol–water partition coefficient (Wildman–Crippen LogP) is 2.17. The highest BCUT2D eigenvalue weighted by Gasteiger charge is 2.38. The molecule has 5 nitrogen and oxygen atoms in total. The largest absolute Gasteiger partial charge is 0.341 e. The van der Waals surface area contributed by atoms with Crippen molar-refractivity contribution in [3.05, 3.63) is 34.3 Å². The van der Waals surface area contributed by atoms with Gasteiger partial charge in [0.25, 0.3) is 5.91 Å². The predicted molar refractivity (Wildman–Crippen MR) is 96.8 cm³/mol. The van der Waals surface area contributed by atoms with Gasteiger partial charge in [-0.25, -0.2) is 0 Å². The van der Waals surface area contributed by atoms with Gasteiger partial charge >= 0.3 is 0 Å². The maximum absolute atomic E-state index is 12.6. The minimum absolute atomic E-state index is 0.0151.